The van der Waals surface area contributed by atoms with Crippen molar-refractivity contribution in [2.75, 3.05) is 7.11 Å². The lowest BCUT2D eigenvalue weighted by molar-refractivity contribution is -0.134. The quantitative estimate of drug-likeness (QED) is 0.378. The van der Waals surface area contributed by atoms with Crippen molar-refractivity contribution in [3.05, 3.63) is 23.3 Å². The second-order valence-corrected chi connectivity index (χ2v) is 8.39. The summed E-state index contributed by atoms with van der Waals surface area (Å²) in [6, 6.07) is 0. The summed E-state index contributed by atoms with van der Waals surface area (Å²) in [5.41, 5.74) is 3.47. The molecule has 2 aliphatic rings. The van der Waals surface area contributed by atoms with Gasteiger partial charge in [-0.05, 0) is 75.0 Å². The predicted octanol–water partition coefficient (Wildman–Crippen LogP) is 5.68. The highest BCUT2D eigenvalue weighted by Gasteiger charge is 2.52. The number of allylic oxidation sites excluding steroid dienone is 3. The predicted molar refractivity (Wildman–Crippen MR) is 96.1 cm³/mol. The maximum Gasteiger partial charge on any atom is 0.330 e. The molecule has 0 aromatic carbocycles. The van der Waals surface area contributed by atoms with Gasteiger partial charge in [0.2, 0.25) is 0 Å². The summed E-state index contributed by atoms with van der Waals surface area (Å²) < 4.78 is 4.75. The summed E-state index contributed by atoms with van der Waals surface area (Å²) in [4.78, 5) is 11.4. The number of carbonyl (C=O) groups is 1. The first kappa shape index (κ1) is 18.3. The molecule has 0 saturated heterocycles. The van der Waals surface area contributed by atoms with Gasteiger partial charge in [-0.15, -0.1) is 0 Å². The van der Waals surface area contributed by atoms with Crippen molar-refractivity contribution in [3.63, 3.8) is 0 Å². The summed E-state index contributed by atoms with van der Waals surface area (Å²) >= 11 is 0. The first-order valence-corrected chi connectivity index (χ1v) is 9.16. The third-order valence-electron chi connectivity index (χ3n) is 7.22. The fourth-order valence-corrected chi connectivity index (χ4v) is 5.13. The van der Waals surface area contributed by atoms with Crippen molar-refractivity contribution in [3.8, 4) is 0 Å². The molecule has 130 valence electrons. The minimum atomic E-state index is -0.231. The average molecular weight is 319 g/mol. The Balaban J connectivity index is 2.19. The molecule has 23 heavy (non-hydrogen) atoms. The van der Waals surface area contributed by atoms with Gasteiger partial charge in [0.05, 0.1) is 7.11 Å². The fourth-order valence-electron chi connectivity index (χ4n) is 5.13. The first-order chi connectivity index (χ1) is 10.7. The maximum absolute atomic E-state index is 11.4. The van der Waals surface area contributed by atoms with E-state index in [1.165, 1.54) is 39.2 Å². The second kappa shape index (κ2) is 6.83. The topological polar surface area (TPSA) is 26.3 Å². The highest BCUT2D eigenvalue weighted by atomic mass is 16.5. The lowest BCUT2D eigenvalue weighted by Crippen LogP contribution is -2.49. The number of carbonyl (C=O) groups excluding carboxylic acids is 1. The average Bonchev–Trinajstić information content (AvgIpc) is 2.52. The molecular formula is C21H34O2. The monoisotopic (exact) mass is 318 g/mol. The summed E-state index contributed by atoms with van der Waals surface area (Å²) in [6.07, 6.45) is 11.5. The molecule has 0 aromatic heterocycles. The summed E-state index contributed by atoms with van der Waals surface area (Å²) in [7, 11) is 1.44. The number of esters is 1. The van der Waals surface area contributed by atoms with Crippen LogP contribution < -0.4 is 0 Å². The van der Waals surface area contributed by atoms with Crippen LogP contribution in [-0.2, 0) is 9.53 Å². The summed E-state index contributed by atoms with van der Waals surface area (Å²) in [5.74, 6) is 1.28. The molecule has 0 aromatic rings. The van der Waals surface area contributed by atoms with Crippen LogP contribution in [0.25, 0.3) is 0 Å². The van der Waals surface area contributed by atoms with Crippen molar-refractivity contribution >= 4 is 5.97 Å². The largest absolute Gasteiger partial charge is 0.466 e. The van der Waals surface area contributed by atoms with Gasteiger partial charge in [-0.3, -0.25) is 0 Å². The van der Waals surface area contributed by atoms with E-state index in [1.54, 1.807) is 11.6 Å². The molecule has 2 aliphatic carbocycles. The fraction of sp³-hybridized carbons (Fsp3) is 0.762. The van der Waals surface area contributed by atoms with Crippen LogP contribution in [0.4, 0.5) is 0 Å². The second-order valence-electron chi connectivity index (χ2n) is 8.39. The van der Waals surface area contributed by atoms with E-state index in [2.05, 4.69) is 40.7 Å². The SMILES string of the molecule is COC(=O)/C=C(\C)CC[C@@]1(C)[C@H](C)CC[C@]2(C)C(C)=CCC[C@@H]12. The van der Waals surface area contributed by atoms with Gasteiger partial charge in [-0.25, -0.2) is 4.79 Å². The molecule has 0 unspecified atom stereocenters. The standard InChI is InChI=1S/C21H34O2/c1-15(14-19(22)23-6)10-12-20(4)17(3)11-13-21(5)16(2)8-7-9-18(20)21/h8,14,17-18H,7,9-13H2,1-6H3/b15-14+/t17-,18+,20+,21-/m1/s1. The zero-order chi connectivity index (χ0) is 17.3. The van der Waals surface area contributed by atoms with E-state index in [0.29, 0.717) is 10.8 Å². The molecule has 4 atom stereocenters. The number of methoxy groups -OCH3 is 1. The summed E-state index contributed by atoms with van der Waals surface area (Å²) in [5, 5.41) is 0. The van der Waals surface area contributed by atoms with E-state index in [1.807, 2.05) is 0 Å². The van der Waals surface area contributed by atoms with Gasteiger partial charge in [0.1, 0.15) is 0 Å². The summed E-state index contributed by atoms with van der Waals surface area (Å²) in [6.45, 7) is 11.8. The highest BCUT2D eigenvalue weighted by Crippen LogP contribution is 2.61. The van der Waals surface area contributed by atoms with E-state index in [4.69, 9.17) is 4.74 Å². The Bertz CT molecular complexity index is 516. The van der Waals surface area contributed by atoms with E-state index in [-0.39, 0.29) is 5.97 Å². The van der Waals surface area contributed by atoms with Crippen molar-refractivity contribution in [2.45, 2.75) is 73.1 Å². The van der Waals surface area contributed by atoms with Crippen molar-refractivity contribution in [1.82, 2.24) is 0 Å². The Morgan fingerprint density at radius 2 is 2.09 bits per heavy atom. The zero-order valence-electron chi connectivity index (χ0n) is 15.9. The molecule has 0 spiro atoms. The number of rotatable bonds is 4. The van der Waals surface area contributed by atoms with E-state index >= 15 is 0 Å². The normalized spacial score (nSPS) is 37.8. The Morgan fingerprint density at radius 3 is 2.74 bits per heavy atom. The van der Waals surface area contributed by atoms with Gasteiger partial charge in [-0.1, -0.05) is 38.0 Å². The molecule has 0 N–H and O–H groups in total. The van der Waals surface area contributed by atoms with E-state index in [9.17, 15) is 4.79 Å². The van der Waals surface area contributed by atoms with E-state index < -0.39 is 0 Å². The van der Waals surface area contributed by atoms with Gasteiger partial charge in [-0.2, -0.15) is 0 Å². The minimum absolute atomic E-state index is 0.231. The van der Waals surface area contributed by atoms with Crippen LogP contribution in [0, 0.1) is 22.7 Å². The Morgan fingerprint density at radius 1 is 1.39 bits per heavy atom. The van der Waals surface area contributed by atoms with Gasteiger partial charge in [0, 0.05) is 6.08 Å². The van der Waals surface area contributed by atoms with Crippen LogP contribution in [0.5, 0.6) is 0 Å². The third-order valence-corrected chi connectivity index (χ3v) is 7.22. The zero-order valence-corrected chi connectivity index (χ0v) is 15.9. The molecular weight excluding hydrogens is 284 g/mol. The van der Waals surface area contributed by atoms with Crippen LogP contribution in [0.15, 0.2) is 23.3 Å². The lowest BCUT2D eigenvalue weighted by atomic mass is 9.47. The van der Waals surface area contributed by atoms with Crippen LogP contribution in [-0.4, -0.2) is 13.1 Å². The van der Waals surface area contributed by atoms with E-state index in [0.717, 1.165) is 23.8 Å². The van der Waals surface area contributed by atoms with Gasteiger partial charge in [0.25, 0.3) is 0 Å². The third kappa shape index (κ3) is 3.41. The number of fused-ring (bicyclic) bond motifs is 1. The number of hydrogen-bond donors (Lipinski definition) is 0. The van der Waals surface area contributed by atoms with Crippen LogP contribution >= 0.6 is 0 Å². The molecule has 0 amide bonds. The maximum atomic E-state index is 11.4. The minimum Gasteiger partial charge on any atom is -0.466 e. The molecule has 0 bridgehead atoms. The number of hydrogen-bond acceptors (Lipinski definition) is 2. The Labute approximate surface area is 142 Å². The smallest absolute Gasteiger partial charge is 0.330 e. The molecule has 0 radical (unpaired) electrons. The van der Waals surface area contributed by atoms with Crippen molar-refractivity contribution in [2.24, 2.45) is 22.7 Å². The van der Waals surface area contributed by atoms with Crippen molar-refractivity contribution < 1.29 is 9.53 Å². The Hall–Kier alpha value is -1.05. The molecule has 2 rings (SSSR count). The molecule has 2 heteroatoms. The lowest BCUT2D eigenvalue weighted by Gasteiger charge is -2.58. The first-order valence-electron chi connectivity index (χ1n) is 9.16. The Kier molecular flexibility index (Phi) is 5.43. The molecule has 1 saturated carbocycles. The van der Waals surface area contributed by atoms with Gasteiger partial charge in [0.15, 0.2) is 0 Å². The molecule has 0 aliphatic heterocycles. The number of ether oxygens (including phenoxy) is 1. The van der Waals surface area contributed by atoms with Crippen molar-refractivity contribution in [1.29, 1.82) is 0 Å². The van der Waals surface area contributed by atoms with Crippen LogP contribution in [0.2, 0.25) is 0 Å². The van der Waals surface area contributed by atoms with Gasteiger partial charge >= 0.3 is 5.97 Å². The van der Waals surface area contributed by atoms with Crippen LogP contribution in [0.3, 0.4) is 0 Å². The molecule has 2 nitrogen and oxygen atoms in total. The highest BCUT2D eigenvalue weighted by molar-refractivity contribution is 5.82. The van der Waals surface area contributed by atoms with Gasteiger partial charge < -0.3 is 4.74 Å². The molecule has 0 heterocycles. The molecule has 1 fully saturated rings. The van der Waals surface area contributed by atoms with Crippen LogP contribution in [0.1, 0.15) is 73.1 Å².